The third-order valence-corrected chi connectivity index (χ3v) is 9.82. The molecule has 1 spiro atoms. The number of hydrogen-bond acceptors (Lipinski definition) is 4. The number of allylic oxidation sites excluding steroid dienone is 1. The SMILES string of the molecule is O=S(=O)(NCC1CCC2(CC1)CC2/C=C/c1nc2c(s1)CCCc1ccc(F)cc1-2)C(F)(F)F. The van der Waals surface area contributed by atoms with Gasteiger partial charge in [0.1, 0.15) is 10.8 Å². The normalized spacial score (nSPS) is 26.9. The largest absolute Gasteiger partial charge is 0.511 e. The molecule has 4 nitrogen and oxygen atoms in total. The zero-order valence-corrected chi connectivity index (χ0v) is 20.1. The van der Waals surface area contributed by atoms with E-state index in [2.05, 4.69) is 12.2 Å². The van der Waals surface area contributed by atoms with E-state index in [0.29, 0.717) is 5.92 Å². The summed E-state index contributed by atoms with van der Waals surface area (Å²) in [5.74, 6) is 0.0928. The summed E-state index contributed by atoms with van der Waals surface area (Å²) >= 11 is 1.66. The van der Waals surface area contributed by atoms with Crippen LogP contribution in [0.4, 0.5) is 17.6 Å². The van der Waals surface area contributed by atoms with Crippen LogP contribution in [0.1, 0.15) is 54.0 Å². The summed E-state index contributed by atoms with van der Waals surface area (Å²) in [5, 5.41) is 0.916. The molecule has 3 aliphatic rings. The van der Waals surface area contributed by atoms with Crippen molar-refractivity contribution in [1.82, 2.24) is 9.71 Å². The lowest BCUT2D eigenvalue weighted by Crippen LogP contribution is -2.39. The Balaban J connectivity index is 1.19. The molecule has 2 fully saturated rings. The first kappa shape index (κ1) is 23.9. The van der Waals surface area contributed by atoms with Crippen molar-refractivity contribution >= 4 is 27.4 Å². The molecule has 1 N–H and O–H groups in total. The number of hydrogen-bond donors (Lipinski definition) is 1. The van der Waals surface area contributed by atoms with Crippen LogP contribution in [-0.2, 0) is 22.9 Å². The fourth-order valence-corrected chi connectivity index (χ4v) is 7.09. The Morgan fingerprint density at radius 2 is 1.97 bits per heavy atom. The smallest absolute Gasteiger partial charge is 0.236 e. The second kappa shape index (κ2) is 8.71. The van der Waals surface area contributed by atoms with E-state index in [0.717, 1.165) is 73.2 Å². The minimum absolute atomic E-state index is 0.0666. The van der Waals surface area contributed by atoms with Crippen molar-refractivity contribution in [3.05, 3.63) is 45.5 Å². The average molecular weight is 515 g/mol. The van der Waals surface area contributed by atoms with Crippen LogP contribution in [0, 0.1) is 23.1 Å². The number of rotatable bonds is 5. The molecule has 2 aromatic rings. The molecular formula is C24H26F4N2O2S2. The highest BCUT2D eigenvalue weighted by Gasteiger charge is 2.53. The number of halogens is 4. The van der Waals surface area contributed by atoms with Gasteiger partial charge in [-0.2, -0.15) is 13.2 Å². The molecule has 1 aromatic carbocycles. The van der Waals surface area contributed by atoms with Gasteiger partial charge in [-0.3, -0.25) is 0 Å². The van der Waals surface area contributed by atoms with Gasteiger partial charge in [-0.15, -0.1) is 11.3 Å². The number of aryl methyl sites for hydroxylation is 2. The van der Waals surface area contributed by atoms with E-state index in [1.807, 2.05) is 6.07 Å². The molecule has 0 radical (unpaired) electrons. The van der Waals surface area contributed by atoms with E-state index in [4.69, 9.17) is 4.98 Å². The minimum Gasteiger partial charge on any atom is -0.236 e. The van der Waals surface area contributed by atoms with Gasteiger partial charge >= 0.3 is 15.5 Å². The number of sulfonamides is 1. The lowest BCUT2D eigenvalue weighted by atomic mass is 9.78. The Bertz CT molecular complexity index is 1210. The molecule has 10 heteroatoms. The maximum atomic E-state index is 13.9. The highest BCUT2D eigenvalue weighted by Crippen LogP contribution is 2.62. The molecule has 5 rings (SSSR count). The van der Waals surface area contributed by atoms with E-state index in [-0.39, 0.29) is 23.7 Å². The lowest BCUT2D eigenvalue weighted by molar-refractivity contribution is -0.0449. The summed E-state index contributed by atoms with van der Waals surface area (Å²) in [6.07, 6.45) is 11.4. The molecule has 0 saturated heterocycles. The van der Waals surface area contributed by atoms with Crippen molar-refractivity contribution in [1.29, 1.82) is 0 Å². The second-order valence-corrected chi connectivity index (χ2v) is 12.6. The molecule has 0 aliphatic heterocycles. The van der Waals surface area contributed by atoms with Gasteiger partial charge < -0.3 is 0 Å². The highest BCUT2D eigenvalue weighted by atomic mass is 32.2. The van der Waals surface area contributed by atoms with E-state index in [9.17, 15) is 26.0 Å². The number of alkyl halides is 3. The Morgan fingerprint density at radius 3 is 2.71 bits per heavy atom. The molecule has 1 unspecified atom stereocenters. The Hall–Kier alpha value is -1.78. The monoisotopic (exact) mass is 514 g/mol. The fraction of sp³-hybridized carbons (Fsp3) is 0.542. The van der Waals surface area contributed by atoms with Crippen LogP contribution in [0.2, 0.25) is 0 Å². The molecule has 0 bridgehead atoms. The summed E-state index contributed by atoms with van der Waals surface area (Å²) in [6.45, 7) is -0.162. The van der Waals surface area contributed by atoms with Crippen molar-refractivity contribution < 1.29 is 26.0 Å². The van der Waals surface area contributed by atoms with Crippen LogP contribution in [0.5, 0.6) is 0 Å². The molecule has 2 saturated carbocycles. The Labute approximate surface area is 200 Å². The quantitative estimate of drug-likeness (QED) is 0.492. The van der Waals surface area contributed by atoms with Crippen LogP contribution < -0.4 is 4.72 Å². The van der Waals surface area contributed by atoms with E-state index < -0.39 is 15.5 Å². The number of aromatic nitrogens is 1. The van der Waals surface area contributed by atoms with Crippen LogP contribution in [0.3, 0.4) is 0 Å². The zero-order chi connectivity index (χ0) is 24.1. The first-order valence-corrected chi connectivity index (χ1v) is 13.9. The number of fused-ring (bicyclic) bond motifs is 3. The van der Waals surface area contributed by atoms with Gasteiger partial charge in [-0.1, -0.05) is 12.1 Å². The predicted octanol–water partition coefficient (Wildman–Crippen LogP) is 6.09. The third-order valence-electron chi connectivity index (χ3n) is 7.58. The summed E-state index contributed by atoms with van der Waals surface area (Å²) in [5.41, 5.74) is -2.16. The summed E-state index contributed by atoms with van der Waals surface area (Å²) in [7, 11) is -5.27. The van der Waals surface area contributed by atoms with Gasteiger partial charge in [0.05, 0.1) is 5.69 Å². The van der Waals surface area contributed by atoms with Gasteiger partial charge in [0.2, 0.25) is 0 Å². The van der Waals surface area contributed by atoms with Gasteiger partial charge in [0, 0.05) is 17.0 Å². The Kier molecular flexibility index (Phi) is 6.13. The predicted molar refractivity (Wildman–Crippen MR) is 124 cm³/mol. The highest BCUT2D eigenvalue weighted by molar-refractivity contribution is 7.90. The summed E-state index contributed by atoms with van der Waals surface area (Å²) < 4.78 is 75.5. The van der Waals surface area contributed by atoms with E-state index in [1.54, 1.807) is 22.1 Å². The van der Waals surface area contributed by atoms with Crippen LogP contribution >= 0.6 is 11.3 Å². The molecule has 0 amide bonds. The van der Waals surface area contributed by atoms with E-state index in [1.165, 1.54) is 10.9 Å². The maximum Gasteiger partial charge on any atom is 0.511 e. The molecular weight excluding hydrogens is 488 g/mol. The second-order valence-electron chi connectivity index (χ2n) is 9.75. The fourth-order valence-electron chi connectivity index (χ4n) is 5.44. The molecule has 34 heavy (non-hydrogen) atoms. The summed E-state index contributed by atoms with van der Waals surface area (Å²) in [6, 6.07) is 4.94. The van der Waals surface area contributed by atoms with Crippen LogP contribution in [-0.4, -0.2) is 25.5 Å². The van der Waals surface area contributed by atoms with Crippen molar-refractivity contribution in [2.24, 2.45) is 17.3 Å². The van der Waals surface area contributed by atoms with Crippen LogP contribution in [0.15, 0.2) is 24.3 Å². The molecule has 1 heterocycles. The van der Waals surface area contributed by atoms with Crippen molar-refractivity contribution in [3.8, 4) is 11.3 Å². The van der Waals surface area contributed by atoms with Gasteiger partial charge in [-0.05, 0) is 92.4 Å². The van der Waals surface area contributed by atoms with Gasteiger partial charge in [0.15, 0.2) is 0 Å². The first-order chi connectivity index (χ1) is 16.1. The lowest BCUT2D eigenvalue weighted by Gasteiger charge is -2.29. The molecule has 1 atom stereocenters. The van der Waals surface area contributed by atoms with E-state index >= 15 is 0 Å². The number of benzene rings is 1. The van der Waals surface area contributed by atoms with Crippen LogP contribution in [0.25, 0.3) is 17.3 Å². The average Bonchev–Trinajstić information content (AvgIpc) is 3.34. The molecule has 1 aromatic heterocycles. The van der Waals surface area contributed by atoms with Gasteiger partial charge in [0.25, 0.3) is 0 Å². The number of thiazole rings is 1. The van der Waals surface area contributed by atoms with Crippen molar-refractivity contribution in [2.75, 3.05) is 6.54 Å². The van der Waals surface area contributed by atoms with Crippen molar-refractivity contribution in [3.63, 3.8) is 0 Å². The topological polar surface area (TPSA) is 59.1 Å². The number of nitrogens with one attached hydrogen (secondary N) is 1. The summed E-state index contributed by atoms with van der Waals surface area (Å²) in [4.78, 5) is 6.00. The zero-order valence-electron chi connectivity index (χ0n) is 18.5. The maximum absolute atomic E-state index is 13.9. The third kappa shape index (κ3) is 4.68. The molecule has 3 aliphatic carbocycles. The first-order valence-electron chi connectivity index (χ1n) is 11.6. The standard InChI is InChI=1S/C24H26F4N2O2S2/c25-18-6-4-16-2-1-3-20-22(19(16)12-18)30-21(33-20)7-5-17-13-23(17)10-8-15(9-11-23)14-29-34(31,32)24(26,27)28/h4-7,12,15,17,29H,1-3,8-11,13-14H2/b7-5+. The Morgan fingerprint density at radius 1 is 1.21 bits per heavy atom. The van der Waals surface area contributed by atoms with Crippen molar-refractivity contribution in [2.45, 2.75) is 56.9 Å². The minimum atomic E-state index is -5.27. The molecule has 184 valence electrons. The van der Waals surface area contributed by atoms with Gasteiger partial charge in [-0.25, -0.2) is 22.5 Å². The number of nitrogens with zero attached hydrogens (tertiary/aromatic N) is 1.